The van der Waals surface area contributed by atoms with Crippen LogP contribution in [0.3, 0.4) is 0 Å². The van der Waals surface area contributed by atoms with Gasteiger partial charge in [0.15, 0.2) is 0 Å². The summed E-state index contributed by atoms with van der Waals surface area (Å²) in [7, 11) is 0. The molecule has 1 aliphatic rings. The van der Waals surface area contributed by atoms with E-state index in [0.717, 1.165) is 17.3 Å². The molecule has 0 radical (unpaired) electrons. The molecule has 19 heavy (non-hydrogen) atoms. The van der Waals surface area contributed by atoms with Crippen molar-refractivity contribution in [2.24, 2.45) is 0 Å². The topological polar surface area (TPSA) is 46.0 Å². The number of hydrogen-bond acceptors (Lipinski definition) is 3. The normalized spacial score (nSPS) is 16.4. The van der Waals surface area contributed by atoms with Crippen LogP contribution in [-0.4, -0.2) is 21.7 Å². The maximum Gasteiger partial charge on any atom is 0.137 e. The molecule has 0 saturated heterocycles. The lowest BCUT2D eigenvalue weighted by Gasteiger charge is -2.11. The van der Waals surface area contributed by atoms with Crippen LogP contribution in [0.5, 0.6) is 0 Å². The quantitative estimate of drug-likeness (QED) is 0.944. The highest BCUT2D eigenvalue weighted by Crippen LogP contribution is 2.46. The van der Waals surface area contributed by atoms with Gasteiger partial charge in [-0.25, -0.2) is 14.4 Å². The van der Waals surface area contributed by atoms with Crippen LogP contribution in [0.2, 0.25) is 0 Å². The molecule has 0 aliphatic heterocycles. The van der Waals surface area contributed by atoms with Gasteiger partial charge in [-0.05, 0) is 37.1 Å². The van der Waals surface area contributed by atoms with Crippen LogP contribution in [0.25, 0.3) is 11.3 Å². The highest BCUT2D eigenvalue weighted by molar-refractivity contribution is 9.10. The number of rotatable bonds is 3. The fraction of sp³-hybridized carbons (Fsp3) is 0.286. The maximum atomic E-state index is 13.9. The molecule has 0 amide bonds. The average Bonchev–Trinajstić information content (AvgIpc) is 3.23. The zero-order valence-corrected chi connectivity index (χ0v) is 11.7. The molecule has 1 N–H and O–H groups in total. The molecule has 5 heteroatoms. The van der Waals surface area contributed by atoms with Gasteiger partial charge in [-0.2, -0.15) is 0 Å². The molecule has 1 aliphatic carbocycles. The van der Waals surface area contributed by atoms with Gasteiger partial charge >= 0.3 is 0 Å². The number of aliphatic hydroxyl groups excluding tert-OH is 1. The minimum atomic E-state index is -0.318. The van der Waals surface area contributed by atoms with Gasteiger partial charge in [-0.1, -0.05) is 15.9 Å². The van der Waals surface area contributed by atoms with Crippen LogP contribution in [0.1, 0.15) is 18.7 Å². The summed E-state index contributed by atoms with van der Waals surface area (Å²) in [5, 5.41) is 9.41. The van der Waals surface area contributed by atoms with E-state index < -0.39 is 0 Å². The smallest absolute Gasteiger partial charge is 0.137 e. The summed E-state index contributed by atoms with van der Waals surface area (Å²) in [4.78, 5) is 8.63. The van der Waals surface area contributed by atoms with Gasteiger partial charge in [0.25, 0.3) is 0 Å². The molecule has 1 saturated carbocycles. The Hall–Kier alpha value is -1.33. The average molecular weight is 323 g/mol. The second-order valence-electron chi connectivity index (χ2n) is 4.83. The Kier molecular flexibility index (Phi) is 3.11. The molecule has 1 aromatic carbocycles. The van der Waals surface area contributed by atoms with E-state index >= 15 is 0 Å². The van der Waals surface area contributed by atoms with Crippen LogP contribution in [0.15, 0.2) is 34.9 Å². The summed E-state index contributed by atoms with van der Waals surface area (Å²) in [5.74, 6) is 0.286. The van der Waals surface area contributed by atoms with Gasteiger partial charge in [0.1, 0.15) is 11.6 Å². The number of aliphatic hydroxyl groups is 1. The van der Waals surface area contributed by atoms with E-state index in [2.05, 4.69) is 25.9 Å². The van der Waals surface area contributed by atoms with Gasteiger partial charge in [-0.3, -0.25) is 0 Å². The lowest BCUT2D eigenvalue weighted by atomic mass is 10.1. The standard InChI is InChI=1S/C14H12BrFN2O/c15-9-1-2-11(16)10(7-9)12-3-6-17-13(18-12)14(8-19)4-5-14/h1-3,6-7,19H,4-5,8H2. The second kappa shape index (κ2) is 4.65. The minimum absolute atomic E-state index is 0.0391. The third-order valence-electron chi connectivity index (χ3n) is 3.49. The lowest BCUT2D eigenvalue weighted by molar-refractivity contribution is 0.250. The van der Waals surface area contributed by atoms with Gasteiger partial charge in [0, 0.05) is 16.2 Å². The van der Waals surface area contributed by atoms with Crippen molar-refractivity contribution in [1.29, 1.82) is 0 Å². The van der Waals surface area contributed by atoms with Gasteiger partial charge in [0.2, 0.25) is 0 Å². The first kappa shape index (κ1) is 12.7. The Morgan fingerprint density at radius 3 is 2.79 bits per heavy atom. The zero-order chi connectivity index (χ0) is 13.5. The molecule has 1 aromatic heterocycles. The van der Waals surface area contributed by atoms with Crippen molar-refractivity contribution >= 4 is 15.9 Å². The van der Waals surface area contributed by atoms with E-state index in [9.17, 15) is 9.50 Å². The third kappa shape index (κ3) is 2.28. The zero-order valence-electron chi connectivity index (χ0n) is 10.1. The molecule has 0 spiro atoms. The van der Waals surface area contributed by atoms with Gasteiger partial charge in [-0.15, -0.1) is 0 Å². The number of hydrogen-bond donors (Lipinski definition) is 1. The summed E-state index contributed by atoms with van der Waals surface area (Å²) >= 11 is 3.33. The molecule has 0 atom stereocenters. The van der Waals surface area contributed by atoms with Crippen LogP contribution < -0.4 is 0 Å². The fourth-order valence-electron chi connectivity index (χ4n) is 2.06. The monoisotopic (exact) mass is 322 g/mol. The van der Waals surface area contributed by atoms with Gasteiger partial charge in [0.05, 0.1) is 17.7 Å². The molecule has 98 valence electrons. The van der Waals surface area contributed by atoms with Crippen molar-refractivity contribution in [3.63, 3.8) is 0 Å². The largest absolute Gasteiger partial charge is 0.395 e. The predicted octanol–water partition coefficient (Wildman–Crippen LogP) is 3.07. The molecular formula is C14H12BrFN2O. The summed E-state index contributed by atoms with van der Waals surface area (Å²) in [5.41, 5.74) is 0.675. The Labute approximate surface area is 118 Å². The summed E-state index contributed by atoms with van der Waals surface area (Å²) in [6.45, 7) is 0.0391. The molecule has 3 nitrogen and oxygen atoms in total. The first-order valence-electron chi connectivity index (χ1n) is 6.04. The van der Waals surface area contributed by atoms with E-state index in [4.69, 9.17) is 0 Å². The Balaban J connectivity index is 2.06. The van der Waals surface area contributed by atoms with Crippen molar-refractivity contribution in [3.05, 3.63) is 46.6 Å². The minimum Gasteiger partial charge on any atom is -0.395 e. The molecule has 0 unspecified atom stereocenters. The van der Waals surface area contributed by atoms with Crippen molar-refractivity contribution in [2.75, 3.05) is 6.61 Å². The van der Waals surface area contributed by atoms with E-state index in [1.165, 1.54) is 6.07 Å². The lowest BCUT2D eigenvalue weighted by Crippen LogP contribution is -2.16. The summed E-state index contributed by atoms with van der Waals surface area (Å²) in [6, 6.07) is 6.43. The van der Waals surface area contributed by atoms with Gasteiger partial charge < -0.3 is 5.11 Å². The molecule has 1 heterocycles. The fourth-order valence-corrected chi connectivity index (χ4v) is 2.42. The van der Waals surface area contributed by atoms with Crippen molar-refractivity contribution in [2.45, 2.75) is 18.3 Å². The number of aromatic nitrogens is 2. The second-order valence-corrected chi connectivity index (χ2v) is 5.74. The summed E-state index contributed by atoms with van der Waals surface area (Å²) < 4.78 is 14.6. The van der Waals surface area contributed by atoms with Crippen LogP contribution in [0, 0.1) is 5.82 Å². The number of halogens is 2. The Morgan fingerprint density at radius 1 is 1.32 bits per heavy atom. The highest BCUT2D eigenvalue weighted by atomic mass is 79.9. The SMILES string of the molecule is OCC1(c2nccc(-c3cc(Br)ccc3F)n2)CC1. The van der Waals surface area contributed by atoms with Crippen LogP contribution in [0.4, 0.5) is 4.39 Å². The van der Waals surface area contributed by atoms with E-state index in [1.54, 1.807) is 24.4 Å². The number of nitrogens with zero attached hydrogens (tertiary/aromatic N) is 2. The van der Waals surface area contributed by atoms with Crippen LogP contribution in [-0.2, 0) is 5.41 Å². The van der Waals surface area contributed by atoms with Crippen LogP contribution >= 0.6 is 15.9 Å². The first-order chi connectivity index (χ1) is 9.14. The maximum absolute atomic E-state index is 13.9. The first-order valence-corrected chi connectivity index (χ1v) is 6.84. The molecular weight excluding hydrogens is 311 g/mol. The Bertz CT molecular complexity index is 629. The summed E-state index contributed by atoms with van der Waals surface area (Å²) in [6.07, 6.45) is 3.38. The molecule has 3 rings (SSSR count). The third-order valence-corrected chi connectivity index (χ3v) is 3.98. The predicted molar refractivity (Wildman–Crippen MR) is 73.1 cm³/mol. The van der Waals surface area contributed by atoms with E-state index in [0.29, 0.717) is 17.1 Å². The van der Waals surface area contributed by atoms with Crippen molar-refractivity contribution < 1.29 is 9.50 Å². The van der Waals surface area contributed by atoms with Crippen molar-refractivity contribution in [3.8, 4) is 11.3 Å². The Morgan fingerprint density at radius 2 is 2.11 bits per heavy atom. The molecule has 2 aromatic rings. The van der Waals surface area contributed by atoms with Crippen molar-refractivity contribution in [1.82, 2.24) is 9.97 Å². The molecule has 0 bridgehead atoms. The highest BCUT2D eigenvalue weighted by Gasteiger charge is 2.46. The number of benzene rings is 1. The molecule has 1 fully saturated rings. The van der Waals surface area contributed by atoms with E-state index in [-0.39, 0.29) is 17.8 Å². The van der Waals surface area contributed by atoms with E-state index in [1.807, 2.05) is 0 Å².